The summed E-state index contributed by atoms with van der Waals surface area (Å²) in [5, 5.41) is 11.8. The van der Waals surface area contributed by atoms with Gasteiger partial charge in [-0.2, -0.15) is 13.2 Å². The zero-order valence-corrected chi connectivity index (χ0v) is 11.5. The maximum Gasteiger partial charge on any atom is 0.416 e. The smallest absolute Gasteiger partial charge is 0.384 e. The molecule has 0 bridgehead atoms. The topological polar surface area (TPSA) is 52.6 Å². The van der Waals surface area contributed by atoms with Crippen LogP contribution >= 0.6 is 0 Å². The Morgan fingerprint density at radius 3 is 2.52 bits per heavy atom. The van der Waals surface area contributed by atoms with Gasteiger partial charge >= 0.3 is 6.18 Å². The summed E-state index contributed by atoms with van der Waals surface area (Å²) in [7, 11) is 0. The summed E-state index contributed by atoms with van der Waals surface area (Å²) in [4.78, 5) is 13.3. The van der Waals surface area contributed by atoms with Crippen LogP contribution < -0.4 is 10.2 Å². The molecule has 0 aromatic heterocycles. The van der Waals surface area contributed by atoms with Crippen LogP contribution in [0, 0.1) is 0 Å². The maximum atomic E-state index is 12.5. The SMILES string of the molecule is CC(O)C(=O)NC1CCN(c2ccc(C(F)(F)F)cc2)C1. The van der Waals surface area contributed by atoms with Crippen LogP contribution in [0.4, 0.5) is 18.9 Å². The normalized spacial score (nSPS) is 20.4. The number of carbonyl (C=O) groups is 1. The first-order valence-electron chi connectivity index (χ1n) is 6.68. The molecule has 4 nitrogen and oxygen atoms in total. The summed E-state index contributed by atoms with van der Waals surface area (Å²) in [6, 6.07) is 4.87. The van der Waals surface area contributed by atoms with Crippen molar-refractivity contribution in [1.82, 2.24) is 5.32 Å². The average molecular weight is 302 g/mol. The highest BCUT2D eigenvalue weighted by Gasteiger charge is 2.31. The molecule has 7 heteroatoms. The Bertz CT molecular complexity index is 500. The molecule has 116 valence electrons. The quantitative estimate of drug-likeness (QED) is 0.895. The van der Waals surface area contributed by atoms with Gasteiger partial charge in [-0.25, -0.2) is 0 Å². The van der Waals surface area contributed by atoms with E-state index in [0.29, 0.717) is 25.2 Å². The second-order valence-electron chi connectivity index (χ2n) is 5.16. The molecule has 0 aliphatic carbocycles. The number of benzene rings is 1. The van der Waals surface area contributed by atoms with E-state index in [-0.39, 0.29) is 6.04 Å². The van der Waals surface area contributed by atoms with Crippen molar-refractivity contribution in [3.05, 3.63) is 29.8 Å². The highest BCUT2D eigenvalue weighted by Crippen LogP contribution is 2.31. The number of nitrogens with zero attached hydrogens (tertiary/aromatic N) is 1. The van der Waals surface area contributed by atoms with Crippen molar-refractivity contribution in [2.24, 2.45) is 0 Å². The van der Waals surface area contributed by atoms with Crippen molar-refractivity contribution in [1.29, 1.82) is 0 Å². The summed E-state index contributed by atoms with van der Waals surface area (Å²) < 4.78 is 37.5. The molecule has 2 rings (SSSR count). The van der Waals surface area contributed by atoms with Crippen molar-refractivity contribution >= 4 is 11.6 Å². The number of amides is 1. The largest absolute Gasteiger partial charge is 0.416 e. The number of carbonyl (C=O) groups excluding carboxylic acids is 1. The first-order valence-corrected chi connectivity index (χ1v) is 6.68. The number of hydrogen-bond donors (Lipinski definition) is 2. The third-order valence-corrected chi connectivity index (χ3v) is 3.47. The number of halogens is 3. The third kappa shape index (κ3) is 3.87. The molecule has 21 heavy (non-hydrogen) atoms. The lowest BCUT2D eigenvalue weighted by Crippen LogP contribution is -2.41. The second-order valence-corrected chi connectivity index (χ2v) is 5.16. The molecule has 1 aliphatic heterocycles. The van der Waals surface area contributed by atoms with Crippen molar-refractivity contribution in [2.75, 3.05) is 18.0 Å². The standard InChI is InChI=1S/C14H17F3N2O2/c1-9(20)13(21)18-11-6-7-19(8-11)12-4-2-10(3-5-12)14(15,16)17/h2-5,9,11,20H,6-8H2,1H3,(H,18,21). The van der Waals surface area contributed by atoms with Gasteiger partial charge in [0.2, 0.25) is 5.91 Å². The molecule has 2 N–H and O–H groups in total. The van der Waals surface area contributed by atoms with Crippen molar-refractivity contribution < 1.29 is 23.1 Å². The summed E-state index contributed by atoms with van der Waals surface area (Å²) in [6.07, 6.45) is -4.71. The Hall–Kier alpha value is -1.76. The number of anilines is 1. The lowest BCUT2D eigenvalue weighted by atomic mass is 10.2. The Balaban J connectivity index is 1.97. The van der Waals surface area contributed by atoms with Crippen LogP contribution in [0.3, 0.4) is 0 Å². The van der Waals surface area contributed by atoms with Gasteiger partial charge in [0.25, 0.3) is 0 Å². The van der Waals surface area contributed by atoms with Crippen molar-refractivity contribution in [3.63, 3.8) is 0 Å². The lowest BCUT2D eigenvalue weighted by Gasteiger charge is -2.20. The molecule has 1 saturated heterocycles. The molecule has 2 unspecified atom stereocenters. The molecule has 0 saturated carbocycles. The highest BCUT2D eigenvalue weighted by atomic mass is 19.4. The predicted molar refractivity (Wildman–Crippen MR) is 71.9 cm³/mol. The molecule has 1 aromatic rings. The van der Waals surface area contributed by atoms with Gasteiger partial charge in [0.15, 0.2) is 0 Å². The van der Waals surface area contributed by atoms with Gasteiger partial charge < -0.3 is 15.3 Å². The van der Waals surface area contributed by atoms with Gasteiger partial charge in [0.05, 0.1) is 5.56 Å². The molecule has 1 amide bonds. The minimum Gasteiger partial charge on any atom is -0.384 e. The van der Waals surface area contributed by atoms with E-state index in [2.05, 4.69) is 5.32 Å². The first-order chi connectivity index (χ1) is 9.77. The molecule has 0 spiro atoms. The molecule has 2 atom stereocenters. The molecular formula is C14H17F3N2O2. The van der Waals surface area contributed by atoms with Gasteiger partial charge in [-0.15, -0.1) is 0 Å². The van der Waals surface area contributed by atoms with E-state index in [4.69, 9.17) is 5.11 Å². The van der Waals surface area contributed by atoms with Crippen LogP contribution in [0.25, 0.3) is 0 Å². The van der Waals surface area contributed by atoms with Gasteiger partial charge in [-0.1, -0.05) is 0 Å². The van der Waals surface area contributed by atoms with Gasteiger partial charge in [-0.3, -0.25) is 4.79 Å². The molecule has 1 aliphatic rings. The number of aliphatic hydroxyl groups excluding tert-OH is 1. The maximum absolute atomic E-state index is 12.5. The van der Waals surface area contributed by atoms with E-state index >= 15 is 0 Å². The molecule has 1 fully saturated rings. The number of alkyl halides is 3. The summed E-state index contributed by atoms with van der Waals surface area (Å²) in [5.41, 5.74) is 0.0150. The molecule has 1 heterocycles. The van der Waals surface area contributed by atoms with E-state index in [1.54, 1.807) is 0 Å². The Labute approximate surface area is 120 Å². The molecule has 0 radical (unpaired) electrons. The summed E-state index contributed by atoms with van der Waals surface area (Å²) >= 11 is 0. The van der Waals surface area contributed by atoms with E-state index in [1.165, 1.54) is 19.1 Å². The second kappa shape index (κ2) is 5.93. The zero-order valence-electron chi connectivity index (χ0n) is 11.5. The minimum atomic E-state index is -4.34. The van der Waals surface area contributed by atoms with E-state index in [9.17, 15) is 18.0 Å². The molecular weight excluding hydrogens is 285 g/mol. The fraction of sp³-hybridized carbons (Fsp3) is 0.500. The van der Waals surface area contributed by atoms with E-state index in [1.807, 2.05) is 4.90 Å². The predicted octanol–water partition coefficient (Wildman–Crippen LogP) is 1.78. The number of rotatable bonds is 3. The number of aliphatic hydroxyl groups is 1. The van der Waals surface area contributed by atoms with Crippen LogP contribution in [0.1, 0.15) is 18.9 Å². The zero-order chi connectivity index (χ0) is 15.6. The minimum absolute atomic E-state index is 0.102. The first kappa shape index (κ1) is 15.6. The van der Waals surface area contributed by atoms with Crippen LogP contribution in [0.5, 0.6) is 0 Å². The van der Waals surface area contributed by atoms with Crippen molar-refractivity contribution in [3.8, 4) is 0 Å². The van der Waals surface area contributed by atoms with Crippen LogP contribution in [0.15, 0.2) is 24.3 Å². The summed E-state index contributed by atoms with van der Waals surface area (Å²) in [5.74, 6) is -0.436. The average Bonchev–Trinajstić information content (AvgIpc) is 2.86. The molecule has 1 aromatic carbocycles. The van der Waals surface area contributed by atoms with Gasteiger partial charge in [0.1, 0.15) is 6.10 Å². The van der Waals surface area contributed by atoms with E-state index < -0.39 is 23.8 Å². The fourth-order valence-corrected chi connectivity index (χ4v) is 2.30. The lowest BCUT2D eigenvalue weighted by molar-refractivity contribution is -0.137. The Kier molecular flexibility index (Phi) is 4.41. The monoisotopic (exact) mass is 302 g/mol. The van der Waals surface area contributed by atoms with Gasteiger partial charge in [0, 0.05) is 24.8 Å². The van der Waals surface area contributed by atoms with Crippen LogP contribution in [0.2, 0.25) is 0 Å². The Morgan fingerprint density at radius 2 is 2.00 bits per heavy atom. The van der Waals surface area contributed by atoms with Gasteiger partial charge in [-0.05, 0) is 37.6 Å². The third-order valence-electron chi connectivity index (χ3n) is 3.47. The van der Waals surface area contributed by atoms with Crippen LogP contribution in [-0.4, -0.2) is 36.2 Å². The number of hydrogen-bond acceptors (Lipinski definition) is 3. The van der Waals surface area contributed by atoms with Crippen LogP contribution in [-0.2, 0) is 11.0 Å². The fourth-order valence-electron chi connectivity index (χ4n) is 2.30. The summed E-state index contributed by atoms with van der Waals surface area (Å²) in [6.45, 7) is 2.55. The highest BCUT2D eigenvalue weighted by molar-refractivity contribution is 5.80. The number of nitrogens with one attached hydrogen (secondary N) is 1. The van der Waals surface area contributed by atoms with E-state index in [0.717, 1.165) is 12.1 Å². The Morgan fingerprint density at radius 1 is 1.38 bits per heavy atom. The van der Waals surface area contributed by atoms with Crippen molar-refractivity contribution in [2.45, 2.75) is 31.7 Å².